The number of amides is 1. The second kappa shape index (κ2) is 7.00. The van der Waals surface area contributed by atoms with Gasteiger partial charge in [-0.15, -0.1) is 0 Å². The molecule has 0 saturated carbocycles. The van der Waals surface area contributed by atoms with E-state index in [9.17, 15) is 13.6 Å². The van der Waals surface area contributed by atoms with Crippen LogP contribution in [0.3, 0.4) is 0 Å². The Kier molecular flexibility index (Phi) is 4.78. The van der Waals surface area contributed by atoms with Gasteiger partial charge in [0.2, 0.25) is 0 Å². The first-order chi connectivity index (χ1) is 11.9. The van der Waals surface area contributed by atoms with E-state index in [2.05, 4.69) is 15.5 Å². The van der Waals surface area contributed by atoms with E-state index in [1.54, 1.807) is 0 Å². The summed E-state index contributed by atoms with van der Waals surface area (Å²) in [4.78, 5) is 12.2. The first-order valence-electron chi connectivity index (χ1n) is 7.95. The Morgan fingerprint density at radius 3 is 2.72 bits per heavy atom. The smallest absolute Gasteiger partial charge is 0.280 e. The molecule has 1 amide bonds. The Hall–Kier alpha value is -2.77. The lowest BCUT2D eigenvalue weighted by Crippen LogP contribution is -2.30. The minimum Gasteiger partial charge on any atom is -0.307 e. The van der Waals surface area contributed by atoms with Crippen molar-refractivity contribution in [1.29, 1.82) is 0 Å². The molecule has 0 saturated heterocycles. The van der Waals surface area contributed by atoms with E-state index in [1.807, 2.05) is 42.3 Å². The van der Waals surface area contributed by atoms with E-state index >= 15 is 0 Å². The molecule has 0 spiro atoms. The third-order valence-corrected chi connectivity index (χ3v) is 4.06. The molecule has 1 atom stereocenters. The summed E-state index contributed by atoms with van der Waals surface area (Å²) in [7, 11) is 1.38. The highest BCUT2D eigenvalue weighted by Crippen LogP contribution is 2.20. The summed E-state index contributed by atoms with van der Waals surface area (Å²) in [5.74, 6) is -0.0207. The van der Waals surface area contributed by atoms with Crippen LogP contribution in [0.2, 0.25) is 0 Å². The maximum atomic E-state index is 12.8. The van der Waals surface area contributed by atoms with Crippen molar-refractivity contribution >= 4 is 11.7 Å². The monoisotopic (exact) mass is 347 g/mol. The van der Waals surface area contributed by atoms with Gasteiger partial charge >= 0.3 is 0 Å². The third-order valence-electron chi connectivity index (χ3n) is 4.06. The summed E-state index contributed by atoms with van der Waals surface area (Å²) in [6, 6.07) is 11.1. The fourth-order valence-electron chi connectivity index (χ4n) is 2.71. The Morgan fingerprint density at radius 2 is 2.08 bits per heavy atom. The lowest BCUT2D eigenvalue weighted by Gasteiger charge is -2.19. The second-order valence-electron chi connectivity index (χ2n) is 6.02. The van der Waals surface area contributed by atoms with E-state index in [0.717, 1.165) is 16.3 Å². The summed E-state index contributed by atoms with van der Waals surface area (Å²) in [6.07, 6.45) is -2.10. The molecular formula is C17H19F2N5O. The molecule has 2 heterocycles. The van der Waals surface area contributed by atoms with Gasteiger partial charge in [0, 0.05) is 13.5 Å². The van der Waals surface area contributed by atoms with Gasteiger partial charge < -0.3 is 5.32 Å². The molecule has 0 bridgehead atoms. The van der Waals surface area contributed by atoms with Gasteiger partial charge in [0.1, 0.15) is 11.5 Å². The first kappa shape index (κ1) is 17.1. The average Bonchev–Trinajstić information content (AvgIpc) is 3.12. The zero-order valence-corrected chi connectivity index (χ0v) is 14.0. The largest absolute Gasteiger partial charge is 0.307 e. The number of amidine groups is 1. The van der Waals surface area contributed by atoms with Crippen molar-refractivity contribution in [2.24, 2.45) is 12.1 Å². The van der Waals surface area contributed by atoms with Crippen molar-refractivity contribution < 1.29 is 13.6 Å². The molecule has 1 aromatic carbocycles. The number of aromatic nitrogens is 2. The van der Waals surface area contributed by atoms with Crippen molar-refractivity contribution in [2.75, 3.05) is 0 Å². The Balaban J connectivity index is 1.67. The normalized spacial score (nSPS) is 17.1. The molecule has 2 aromatic rings. The van der Waals surface area contributed by atoms with Crippen LogP contribution in [0.5, 0.6) is 0 Å². The second-order valence-corrected chi connectivity index (χ2v) is 6.02. The van der Waals surface area contributed by atoms with Crippen LogP contribution in [-0.4, -0.2) is 32.6 Å². The van der Waals surface area contributed by atoms with E-state index < -0.39 is 12.3 Å². The molecule has 8 heteroatoms. The molecule has 1 aliphatic heterocycles. The molecule has 6 nitrogen and oxygen atoms in total. The molecule has 132 valence electrons. The summed E-state index contributed by atoms with van der Waals surface area (Å²) < 4.78 is 26.6. The molecule has 1 aliphatic rings. The maximum absolute atomic E-state index is 12.8. The van der Waals surface area contributed by atoms with Crippen LogP contribution < -0.4 is 5.32 Å². The number of benzene rings is 1. The van der Waals surface area contributed by atoms with Crippen LogP contribution in [0.1, 0.15) is 41.5 Å². The van der Waals surface area contributed by atoms with Gasteiger partial charge in [0.25, 0.3) is 12.3 Å². The van der Waals surface area contributed by atoms with Gasteiger partial charge in [0.15, 0.2) is 5.69 Å². The van der Waals surface area contributed by atoms with Gasteiger partial charge in [-0.05, 0) is 18.6 Å². The summed E-state index contributed by atoms with van der Waals surface area (Å²) in [5, 5.41) is 12.8. The summed E-state index contributed by atoms with van der Waals surface area (Å²) in [5.41, 5.74) is 0.782. The number of carbonyl (C=O) groups is 1. The van der Waals surface area contributed by atoms with Crippen LogP contribution in [0.4, 0.5) is 8.78 Å². The number of nitrogens with zero attached hydrogens (tertiary/aromatic N) is 4. The highest BCUT2D eigenvalue weighted by atomic mass is 19.3. The van der Waals surface area contributed by atoms with Crippen LogP contribution in [-0.2, 0) is 13.6 Å². The Labute approximate surface area is 144 Å². The van der Waals surface area contributed by atoms with Crippen LogP contribution in [0.25, 0.3) is 0 Å². The maximum Gasteiger partial charge on any atom is 0.280 e. The van der Waals surface area contributed by atoms with Gasteiger partial charge in [-0.3, -0.25) is 14.5 Å². The number of hydrogen-bond acceptors (Lipinski definition) is 4. The molecule has 1 aromatic heterocycles. The van der Waals surface area contributed by atoms with Crippen LogP contribution in [0, 0.1) is 0 Å². The zero-order chi connectivity index (χ0) is 18.0. The predicted octanol–water partition coefficient (Wildman–Crippen LogP) is 2.70. The highest BCUT2D eigenvalue weighted by molar-refractivity contribution is 6.05. The molecule has 0 aliphatic carbocycles. The van der Waals surface area contributed by atoms with Crippen molar-refractivity contribution in [1.82, 2.24) is 20.1 Å². The Morgan fingerprint density at radius 1 is 1.36 bits per heavy atom. The number of nitrogens with one attached hydrogen (secondary N) is 1. The number of alkyl halides is 2. The van der Waals surface area contributed by atoms with E-state index in [0.29, 0.717) is 18.8 Å². The fourth-order valence-corrected chi connectivity index (χ4v) is 2.71. The van der Waals surface area contributed by atoms with E-state index in [4.69, 9.17) is 0 Å². The summed E-state index contributed by atoms with van der Waals surface area (Å²) in [6.45, 7) is 2.65. The van der Waals surface area contributed by atoms with Crippen LogP contribution >= 0.6 is 0 Å². The number of carbonyl (C=O) groups excluding carboxylic acids is 1. The number of aryl methyl sites for hydroxylation is 1. The lowest BCUT2D eigenvalue weighted by molar-refractivity contribution is 0.0971. The number of halogens is 2. The molecule has 0 fully saturated rings. The van der Waals surface area contributed by atoms with Crippen molar-refractivity contribution in [3.05, 3.63) is 53.3 Å². The topological polar surface area (TPSA) is 62.5 Å². The third kappa shape index (κ3) is 3.84. The highest BCUT2D eigenvalue weighted by Gasteiger charge is 2.25. The molecular weight excluding hydrogens is 328 g/mol. The minimum absolute atomic E-state index is 0.0466. The van der Waals surface area contributed by atoms with E-state index in [-0.39, 0.29) is 17.4 Å². The van der Waals surface area contributed by atoms with E-state index in [1.165, 1.54) is 7.05 Å². The number of rotatable bonds is 4. The molecule has 0 radical (unpaired) electrons. The first-order valence-corrected chi connectivity index (χ1v) is 7.95. The van der Waals surface area contributed by atoms with Crippen molar-refractivity contribution in [3.8, 4) is 0 Å². The average molecular weight is 347 g/mol. The van der Waals surface area contributed by atoms with Crippen molar-refractivity contribution in [2.45, 2.75) is 32.4 Å². The zero-order valence-electron chi connectivity index (χ0n) is 14.0. The number of hydrogen-bond donors (Lipinski definition) is 1. The molecule has 1 N–H and O–H groups in total. The number of hydrazone groups is 1. The predicted molar refractivity (Wildman–Crippen MR) is 89.1 cm³/mol. The molecule has 25 heavy (non-hydrogen) atoms. The van der Waals surface area contributed by atoms with Gasteiger partial charge in [0.05, 0.1) is 12.6 Å². The lowest BCUT2D eigenvalue weighted by atomic mass is 10.2. The molecule has 1 unspecified atom stereocenters. The molecule has 3 rings (SSSR count). The van der Waals surface area contributed by atoms with Crippen LogP contribution in [0.15, 0.2) is 41.5 Å². The van der Waals surface area contributed by atoms with Gasteiger partial charge in [-0.1, -0.05) is 30.3 Å². The SMILES string of the molecule is CC1CC(NC(=O)c2cc(C(F)F)n(C)n2)=NN1Cc1ccccc1. The van der Waals surface area contributed by atoms with Gasteiger partial charge in [-0.2, -0.15) is 10.2 Å². The summed E-state index contributed by atoms with van der Waals surface area (Å²) >= 11 is 0. The fraction of sp³-hybridized carbons (Fsp3) is 0.353. The Bertz CT molecular complexity index is 788. The van der Waals surface area contributed by atoms with Gasteiger partial charge in [-0.25, -0.2) is 8.78 Å². The standard InChI is InChI=1S/C17H19F2N5O/c1-11-8-15(22-24(11)10-12-6-4-3-5-7-12)20-17(25)13-9-14(16(18)19)23(2)21-13/h3-7,9,11,16H,8,10H2,1-2H3,(H,20,22,25). The van der Waals surface area contributed by atoms with Crippen molar-refractivity contribution in [3.63, 3.8) is 0 Å². The minimum atomic E-state index is -2.68. The quantitative estimate of drug-likeness (QED) is 0.925.